The molecule has 18 heavy (non-hydrogen) atoms. The summed E-state index contributed by atoms with van der Waals surface area (Å²) in [4.78, 5) is 8.96. The summed E-state index contributed by atoms with van der Waals surface area (Å²) in [6.07, 6.45) is 2.37. The molecule has 1 aromatic heterocycles. The molecule has 1 aliphatic rings. The first-order valence-corrected chi connectivity index (χ1v) is 7.87. The summed E-state index contributed by atoms with van der Waals surface area (Å²) in [5.74, 6) is 4.48. The minimum atomic E-state index is -0.731. The van der Waals surface area contributed by atoms with E-state index < -0.39 is 10.8 Å². The molecule has 0 bridgehead atoms. The quantitative estimate of drug-likeness (QED) is 0.786. The van der Waals surface area contributed by atoms with Crippen molar-refractivity contribution in [3.8, 4) is 0 Å². The summed E-state index contributed by atoms with van der Waals surface area (Å²) >= 11 is 0. The van der Waals surface area contributed by atoms with Crippen molar-refractivity contribution in [3.63, 3.8) is 0 Å². The summed E-state index contributed by atoms with van der Waals surface area (Å²) in [6.45, 7) is 2.62. The first-order chi connectivity index (χ1) is 8.72. The van der Waals surface area contributed by atoms with Crippen LogP contribution in [-0.4, -0.2) is 39.3 Å². The Morgan fingerprint density at radius 2 is 2.11 bits per heavy atom. The average Bonchev–Trinajstić information content (AvgIpc) is 3.22. The SMILES string of the molecule is CCS(=O)CCNc1cc(NC)nc(C2CC2)n1. The van der Waals surface area contributed by atoms with E-state index in [4.69, 9.17) is 0 Å². The zero-order chi connectivity index (χ0) is 13.0. The minimum absolute atomic E-state index is 0.531. The molecular formula is C12H20N4OS. The van der Waals surface area contributed by atoms with Crippen LogP contribution < -0.4 is 10.6 Å². The number of hydrogen-bond acceptors (Lipinski definition) is 5. The van der Waals surface area contributed by atoms with Crippen molar-refractivity contribution in [3.05, 3.63) is 11.9 Å². The molecule has 0 spiro atoms. The van der Waals surface area contributed by atoms with Crippen LogP contribution in [0.15, 0.2) is 6.07 Å². The number of nitrogens with one attached hydrogen (secondary N) is 2. The van der Waals surface area contributed by atoms with Crippen molar-refractivity contribution in [1.82, 2.24) is 9.97 Å². The minimum Gasteiger partial charge on any atom is -0.373 e. The molecule has 2 N–H and O–H groups in total. The average molecular weight is 268 g/mol. The highest BCUT2D eigenvalue weighted by Gasteiger charge is 2.27. The Labute approximate surface area is 110 Å². The van der Waals surface area contributed by atoms with Gasteiger partial charge in [-0.3, -0.25) is 4.21 Å². The molecule has 2 rings (SSSR count). The van der Waals surface area contributed by atoms with Crippen molar-refractivity contribution < 1.29 is 4.21 Å². The Kier molecular flexibility index (Phi) is 4.52. The lowest BCUT2D eigenvalue weighted by molar-refractivity contribution is 0.684. The first kappa shape index (κ1) is 13.3. The summed E-state index contributed by atoms with van der Waals surface area (Å²) < 4.78 is 11.3. The second kappa shape index (κ2) is 6.13. The van der Waals surface area contributed by atoms with Gasteiger partial charge in [-0.25, -0.2) is 9.97 Å². The van der Waals surface area contributed by atoms with Gasteiger partial charge < -0.3 is 10.6 Å². The van der Waals surface area contributed by atoms with Gasteiger partial charge in [0, 0.05) is 47.9 Å². The van der Waals surface area contributed by atoms with Gasteiger partial charge in [0.05, 0.1) is 0 Å². The molecule has 0 aromatic carbocycles. The van der Waals surface area contributed by atoms with Gasteiger partial charge in [0.25, 0.3) is 0 Å². The molecule has 100 valence electrons. The molecule has 5 nitrogen and oxygen atoms in total. The molecular weight excluding hydrogens is 248 g/mol. The zero-order valence-electron chi connectivity index (χ0n) is 10.9. The molecule has 1 atom stereocenters. The van der Waals surface area contributed by atoms with Crippen molar-refractivity contribution >= 4 is 22.4 Å². The predicted octanol–water partition coefficient (Wildman–Crippen LogP) is 1.58. The van der Waals surface area contributed by atoms with Crippen LogP contribution in [0.2, 0.25) is 0 Å². The highest BCUT2D eigenvalue weighted by molar-refractivity contribution is 7.84. The van der Waals surface area contributed by atoms with E-state index in [9.17, 15) is 4.21 Å². The number of aromatic nitrogens is 2. The van der Waals surface area contributed by atoms with E-state index in [2.05, 4.69) is 20.6 Å². The van der Waals surface area contributed by atoms with E-state index in [0.717, 1.165) is 17.5 Å². The van der Waals surface area contributed by atoms with Crippen molar-refractivity contribution in [2.45, 2.75) is 25.7 Å². The Morgan fingerprint density at radius 3 is 2.72 bits per heavy atom. The molecule has 1 saturated carbocycles. The smallest absolute Gasteiger partial charge is 0.136 e. The van der Waals surface area contributed by atoms with Gasteiger partial charge in [0.2, 0.25) is 0 Å². The van der Waals surface area contributed by atoms with Crippen LogP contribution in [0.4, 0.5) is 11.6 Å². The van der Waals surface area contributed by atoms with Crippen LogP contribution >= 0.6 is 0 Å². The monoisotopic (exact) mass is 268 g/mol. The van der Waals surface area contributed by atoms with E-state index >= 15 is 0 Å². The second-order valence-corrected chi connectivity index (χ2v) is 6.25. The summed E-state index contributed by atoms with van der Waals surface area (Å²) in [5.41, 5.74) is 0. The van der Waals surface area contributed by atoms with Crippen LogP contribution in [-0.2, 0) is 10.8 Å². The lowest BCUT2D eigenvalue weighted by Crippen LogP contribution is -2.14. The van der Waals surface area contributed by atoms with Crippen LogP contribution in [0.5, 0.6) is 0 Å². The lowest BCUT2D eigenvalue weighted by Gasteiger charge is -2.09. The first-order valence-electron chi connectivity index (χ1n) is 6.38. The van der Waals surface area contributed by atoms with Crippen LogP contribution in [0.1, 0.15) is 31.5 Å². The largest absolute Gasteiger partial charge is 0.373 e. The third kappa shape index (κ3) is 3.66. The maximum Gasteiger partial charge on any atom is 0.136 e. The van der Waals surface area contributed by atoms with E-state index in [1.807, 2.05) is 20.0 Å². The second-order valence-electron chi connectivity index (χ2n) is 4.38. The van der Waals surface area contributed by atoms with E-state index in [-0.39, 0.29) is 0 Å². The molecule has 1 fully saturated rings. The molecule has 1 aromatic rings. The molecule has 6 heteroatoms. The fourth-order valence-corrected chi connectivity index (χ4v) is 2.26. The number of rotatable bonds is 7. The Morgan fingerprint density at radius 1 is 1.39 bits per heavy atom. The summed E-state index contributed by atoms with van der Waals surface area (Å²) in [5, 5.41) is 6.27. The molecule has 0 aliphatic heterocycles. The highest BCUT2D eigenvalue weighted by atomic mass is 32.2. The third-order valence-electron chi connectivity index (χ3n) is 2.90. The van der Waals surface area contributed by atoms with Gasteiger partial charge in [-0.15, -0.1) is 0 Å². The number of nitrogens with zero attached hydrogens (tertiary/aromatic N) is 2. The normalized spacial score (nSPS) is 16.3. The number of anilines is 2. The topological polar surface area (TPSA) is 66.9 Å². The zero-order valence-corrected chi connectivity index (χ0v) is 11.7. The maximum absolute atomic E-state index is 11.3. The molecule has 1 unspecified atom stereocenters. The Bertz CT molecular complexity index is 434. The van der Waals surface area contributed by atoms with Crippen LogP contribution in [0.3, 0.4) is 0 Å². The van der Waals surface area contributed by atoms with E-state index in [1.54, 1.807) is 0 Å². The Balaban J connectivity index is 1.98. The third-order valence-corrected chi connectivity index (χ3v) is 4.20. The molecule has 0 saturated heterocycles. The predicted molar refractivity (Wildman–Crippen MR) is 75.6 cm³/mol. The molecule has 1 aliphatic carbocycles. The van der Waals surface area contributed by atoms with Gasteiger partial charge >= 0.3 is 0 Å². The summed E-state index contributed by atoms with van der Waals surface area (Å²) in [7, 11) is 1.12. The molecule has 0 radical (unpaired) electrons. The highest BCUT2D eigenvalue weighted by Crippen LogP contribution is 2.38. The fraction of sp³-hybridized carbons (Fsp3) is 0.667. The van der Waals surface area contributed by atoms with Crippen molar-refractivity contribution in [2.24, 2.45) is 0 Å². The van der Waals surface area contributed by atoms with Gasteiger partial charge in [-0.05, 0) is 12.8 Å². The van der Waals surface area contributed by atoms with Gasteiger partial charge in [-0.2, -0.15) is 0 Å². The van der Waals surface area contributed by atoms with Gasteiger partial charge in [0.15, 0.2) is 0 Å². The van der Waals surface area contributed by atoms with Crippen molar-refractivity contribution in [1.29, 1.82) is 0 Å². The van der Waals surface area contributed by atoms with E-state index in [1.165, 1.54) is 12.8 Å². The van der Waals surface area contributed by atoms with Crippen molar-refractivity contribution in [2.75, 3.05) is 35.7 Å². The van der Waals surface area contributed by atoms with Crippen LogP contribution in [0.25, 0.3) is 0 Å². The standard InChI is InChI=1S/C12H20N4OS/c1-3-18(17)7-6-14-11-8-10(13-2)15-12(16-11)9-4-5-9/h8-9H,3-7H2,1-2H3,(H2,13,14,15,16). The maximum atomic E-state index is 11.3. The summed E-state index contributed by atoms with van der Waals surface area (Å²) in [6, 6.07) is 1.89. The fourth-order valence-electron chi connectivity index (χ4n) is 1.65. The molecule has 0 amide bonds. The lowest BCUT2D eigenvalue weighted by atomic mass is 10.3. The van der Waals surface area contributed by atoms with Gasteiger partial charge in [0.1, 0.15) is 17.5 Å². The molecule has 1 heterocycles. The van der Waals surface area contributed by atoms with Gasteiger partial charge in [-0.1, -0.05) is 6.92 Å². The Hall–Kier alpha value is -1.17. The van der Waals surface area contributed by atoms with E-state index in [0.29, 0.717) is 24.0 Å². The number of hydrogen-bond donors (Lipinski definition) is 2. The van der Waals surface area contributed by atoms with Crippen LogP contribution in [0, 0.1) is 0 Å².